The van der Waals surface area contributed by atoms with E-state index in [1.54, 1.807) is 6.08 Å². The standard InChI is InChI=1S/C24H34O3/c1-6-7-8-9-11-23(4,5)17-13-20(25)22-19-15-24(26,27-21(22)14-17)12-10-18(19)16(2)3/h10,12-14,19,25-26H,6-9,11,15H2,1-5H3. The zero-order chi connectivity index (χ0) is 19.8. The lowest BCUT2D eigenvalue weighted by atomic mass is 9.74. The number of hydrogen-bond acceptors (Lipinski definition) is 3. The van der Waals surface area contributed by atoms with Gasteiger partial charge in [0.2, 0.25) is 5.79 Å². The molecule has 0 saturated heterocycles. The van der Waals surface area contributed by atoms with Gasteiger partial charge < -0.3 is 14.9 Å². The van der Waals surface area contributed by atoms with E-state index in [0.717, 1.165) is 23.1 Å². The molecule has 2 bridgehead atoms. The molecule has 3 heteroatoms. The minimum absolute atomic E-state index is 0.0320. The van der Waals surface area contributed by atoms with Crippen LogP contribution in [0.25, 0.3) is 0 Å². The number of phenolic OH excluding ortho intramolecular Hbond substituents is 1. The van der Waals surface area contributed by atoms with Crippen molar-refractivity contribution in [1.29, 1.82) is 0 Å². The second-order valence-electron chi connectivity index (χ2n) is 9.09. The van der Waals surface area contributed by atoms with Gasteiger partial charge in [-0.15, -0.1) is 0 Å². The summed E-state index contributed by atoms with van der Waals surface area (Å²) in [6, 6.07) is 3.95. The van der Waals surface area contributed by atoms with E-state index < -0.39 is 5.79 Å². The first-order valence-corrected chi connectivity index (χ1v) is 10.3. The highest BCUT2D eigenvalue weighted by molar-refractivity contribution is 5.58. The van der Waals surface area contributed by atoms with Crippen LogP contribution in [0.5, 0.6) is 11.5 Å². The minimum Gasteiger partial charge on any atom is -0.507 e. The lowest BCUT2D eigenvalue weighted by Crippen LogP contribution is -2.41. The molecule has 2 N–H and O–H groups in total. The van der Waals surface area contributed by atoms with Gasteiger partial charge in [-0.2, -0.15) is 0 Å². The average molecular weight is 371 g/mol. The molecule has 1 aliphatic carbocycles. The second kappa shape index (κ2) is 7.35. The molecule has 0 aromatic heterocycles. The molecular formula is C24H34O3. The Kier molecular flexibility index (Phi) is 5.45. The number of rotatable bonds is 6. The minimum atomic E-state index is -1.28. The van der Waals surface area contributed by atoms with Crippen LogP contribution in [0.4, 0.5) is 0 Å². The third-order valence-corrected chi connectivity index (χ3v) is 6.16. The van der Waals surface area contributed by atoms with Gasteiger partial charge >= 0.3 is 0 Å². The molecule has 27 heavy (non-hydrogen) atoms. The molecule has 1 aromatic rings. The van der Waals surface area contributed by atoms with Gasteiger partial charge in [-0.05, 0) is 55.0 Å². The summed E-state index contributed by atoms with van der Waals surface area (Å²) in [5.74, 6) is -0.415. The number of aromatic hydroxyl groups is 1. The molecule has 0 amide bonds. The Morgan fingerprint density at radius 1 is 1.22 bits per heavy atom. The first-order chi connectivity index (χ1) is 12.7. The smallest absolute Gasteiger partial charge is 0.229 e. The third kappa shape index (κ3) is 3.94. The summed E-state index contributed by atoms with van der Waals surface area (Å²) in [6.45, 7) is 10.8. The van der Waals surface area contributed by atoms with Gasteiger partial charge in [0, 0.05) is 17.9 Å². The second-order valence-corrected chi connectivity index (χ2v) is 9.09. The van der Waals surface area contributed by atoms with Crippen LogP contribution in [0.1, 0.15) is 90.2 Å². The van der Waals surface area contributed by atoms with Crippen molar-refractivity contribution in [3.05, 3.63) is 46.6 Å². The lowest BCUT2D eigenvalue weighted by Gasteiger charge is -2.41. The monoisotopic (exact) mass is 370 g/mol. The van der Waals surface area contributed by atoms with Crippen molar-refractivity contribution in [3.63, 3.8) is 0 Å². The summed E-state index contributed by atoms with van der Waals surface area (Å²) in [4.78, 5) is 0. The summed E-state index contributed by atoms with van der Waals surface area (Å²) >= 11 is 0. The van der Waals surface area contributed by atoms with Gasteiger partial charge in [0.1, 0.15) is 11.5 Å². The maximum atomic E-state index is 10.9. The van der Waals surface area contributed by atoms with E-state index in [4.69, 9.17) is 4.74 Å². The zero-order valence-electron chi connectivity index (χ0n) is 17.4. The number of fused-ring (bicyclic) bond motifs is 4. The fourth-order valence-corrected chi connectivity index (χ4v) is 4.42. The number of unbranched alkanes of at least 4 members (excludes halogenated alkanes) is 3. The summed E-state index contributed by atoms with van der Waals surface area (Å²) in [5, 5.41) is 21.7. The van der Waals surface area contributed by atoms with Crippen molar-refractivity contribution in [2.24, 2.45) is 0 Å². The Bertz CT molecular complexity index is 768. The number of hydrogen-bond donors (Lipinski definition) is 2. The molecular weight excluding hydrogens is 336 g/mol. The summed E-state index contributed by atoms with van der Waals surface area (Å²) < 4.78 is 5.96. The molecule has 3 nitrogen and oxygen atoms in total. The Labute approximate surface area is 163 Å². The van der Waals surface area contributed by atoms with E-state index in [1.807, 2.05) is 18.2 Å². The Morgan fingerprint density at radius 2 is 1.96 bits per heavy atom. The molecule has 3 rings (SSSR count). The fourth-order valence-electron chi connectivity index (χ4n) is 4.42. The van der Waals surface area contributed by atoms with Crippen LogP contribution in [0.2, 0.25) is 0 Å². The maximum absolute atomic E-state index is 10.9. The van der Waals surface area contributed by atoms with Crippen LogP contribution < -0.4 is 4.74 Å². The van der Waals surface area contributed by atoms with Crippen molar-refractivity contribution in [1.82, 2.24) is 0 Å². The lowest BCUT2D eigenvalue weighted by molar-refractivity contribution is -0.114. The molecule has 1 aliphatic heterocycles. The quantitative estimate of drug-likeness (QED) is 0.595. The Balaban J connectivity index is 1.97. The van der Waals surface area contributed by atoms with Crippen LogP contribution in [0.15, 0.2) is 35.4 Å². The number of ether oxygens (including phenoxy) is 1. The van der Waals surface area contributed by atoms with Gasteiger partial charge in [0.15, 0.2) is 0 Å². The van der Waals surface area contributed by atoms with Crippen LogP contribution >= 0.6 is 0 Å². The fraction of sp³-hybridized carbons (Fsp3) is 0.583. The van der Waals surface area contributed by atoms with Crippen molar-refractivity contribution < 1.29 is 14.9 Å². The highest BCUT2D eigenvalue weighted by Gasteiger charge is 2.43. The molecule has 0 saturated carbocycles. The third-order valence-electron chi connectivity index (χ3n) is 6.16. The molecule has 2 unspecified atom stereocenters. The first kappa shape index (κ1) is 20.0. The largest absolute Gasteiger partial charge is 0.507 e. The molecule has 0 spiro atoms. The number of benzene rings is 1. The van der Waals surface area contributed by atoms with E-state index in [0.29, 0.717) is 12.2 Å². The summed E-state index contributed by atoms with van der Waals surface area (Å²) in [5.41, 5.74) is 4.19. The highest BCUT2D eigenvalue weighted by Crippen LogP contribution is 2.52. The SMILES string of the molecule is CCCCCCC(C)(C)c1cc(O)c2c(c1)OC1(O)C=CC(=C(C)C)C2C1. The van der Waals surface area contributed by atoms with Gasteiger partial charge in [0.05, 0.1) is 0 Å². The van der Waals surface area contributed by atoms with Crippen molar-refractivity contribution in [2.75, 3.05) is 0 Å². The summed E-state index contributed by atoms with van der Waals surface area (Å²) in [6.07, 6.45) is 10.1. The summed E-state index contributed by atoms with van der Waals surface area (Å²) in [7, 11) is 0. The average Bonchev–Trinajstić information content (AvgIpc) is 2.57. The molecule has 2 atom stereocenters. The number of aliphatic hydroxyl groups is 1. The van der Waals surface area contributed by atoms with Crippen LogP contribution in [0, 0.1) is 0 Å². The number of phenols is 1. The maximum Gasteiger partial charge on any atom is 0.229 e. The van der Waals surface area contributed by atoms with Gasteiger partial charge in [-0.3, -0.25) is 0 Å². The van der Waals surface area contributed by atoms with Gasteiger partial charge in [-0.25, -0.2) is 0 Å². The predicted molar refractivity (Wildman–Crippen MR) is 110 cm³/mol. The highest BCUT2D eigenvalue weighted by atomic mass is 16.6. The predicted octanol–water partition coefficient (Wildman–Crippen LogP) is 6.10. The van der Waals surface area contributed by atoms with Crippen LogP contribution in [0.3, 0.4) is 0 Å². The number of allylic oxidation sites excluding steroid dienone is 3. The zero-order valence-corrected chi connectivity index (χ0v) is 17.4. The van der Waals surface area contributed by atoms with E-state index >= 15 is 0 Å². The Morgan fingerprint density at radius 3 is 2.63 bits per heavy atom. The molecule has 2 aliphatic rings. The molecule has 0 radical (unpaired) electrons. The van der Waals surface area contributed by atoms with E-state index in [9.17, 15) is 10.2 Å². The molecule has 0 fully saturated rings. The van der Waals surface area contributed by atoms with Crippen molar-refractivity contribution in [2.45, 2.75) is 90.3 Å². The first-order valence-electron chi connectivity index (χ1n) is 10.3. The van der Waals surface area contributed by atoms with Crippen LogP contribution in [-0.4, -0.2) is 16.0 Å². The van der Waals surface area contributed by atoms with E-state index in [2.05, 4.69) is 34.6 Å². The topological polar surface area (TPSA) is 49.7 Å². The van der Waals surface area contributed by atoms with Crippen molar-refractivity contribution >= 4 is 0 Å². The molecule has 148 valence electrons. The molecule has 1 aromatic carbocycles. The van der Waals surface area contributed by atoms with E-state index in [1.165, 1.54) is 31.3 Å². The van der Waals surface area contributed by atoms with Crippen molar-refractivity contribution in [3.8, 4) is 11.5 Å². The van der Waals surface area contributed by atoms with Crippen LogP contribution in [-0.2, 0) is 5.41 Å². The van der Waals surface area contributed by atoms with E-state index in [-0.39, 0.29) is 17.1 Å². The molecule has 1 heterocycles. The Hall–Kier alpha value is -1.74. The normalized spacial score (nSPS) is 23.8. The van der Waals surface area contributed by atoms with Gasteiger partial charge in [0.25, 0.3) is 0 Å². The van der Waals surface area contributed by atoms with Gasteiger partial charge in [-0.1, -0.05) is 58.1 Å².